The van der Waals surface area contributed by atoms with Crippen LogP contribution in [0.25, 0.3) is 0 Å². The summed E-state index contributed by atoms with van der Waals surface area (Å²) < 4.78 is 0. The molecule has 0 bridgehead atoms. The smallest absolute Gasteiger partial charge is 0.122 e. The lowest BCUT2D eigenvalue weighted by Crippen LogP contribution is -2.11. The Morgan fingerprint density at radius 3 is 2.31 bits per heavy atom. The molecule has 0 fully saturated rings. The Kier molecular flexibility index (Phi) is 11.7. The first-order chi connectivity index (χ1) is 6.22. The van der Waals surface area contributed by atoms with Crippen molar-refractivity contribution in [2.24, 2.45) is 5.73 Å². The Morgan fingerprint density at radius 2 is 2.00 bits per heavy atom. The topological polar surface area (TPSA) is 49.9 Å². The van der Waals surface area contributed by atoms with Crippen LogP contribution in [0.3, 0.4) is 0 Å². The van der Waals surface area contributed by atoms with Crippen molar-refractivity contribution in [2.45, 2.75) is 27.2 Å². The second-order valence-corrected chi connectivity index (χ2v) is 2.08. The first-order valence-corrected chi connectivity index (χ1v) is 4.56. The molecule has 3 N–H and O–H groups in total. The molecule has 0 aromatic carbocycles. The van der Waals surface area contributed by atoms with Crippen molar-refractivity contribution in [3.8, 4) is 0 Å². The zero-order valence-corrected chi connectivity index (χ0v) is 8.80. The first kappa shape index (κ1) is 14.2. The summed E-state index contributed by atoms with van der Waals surface area (Å²) in [5, 5.41) is 7.14. The van der Waals surface area contributed by atoms with Crippen molar-refractivity contribution in [1.29, 1.82) is 5.41 Å². The van der Waals surface area contributed by atoms with Gasteiger partial charge in [0.1, 0.15) is 5.84 Å². The molecule has 0 aliphatic heterocycles. The van der Waals surface area contributed by atoms with Gasteiger partial charge in [0.25, 0.3) is 0 Å². The van der Waals surface area contributed by atoms with E-state index in [0.29, 0.717) is 5.57 Å². The molecule has 13 heavy (non-hydrogen) atoms. The van der Waals surface area contributed by atoms with Crippen LogP contribution in [0, 0.1) is 5.41 Å². The molecule has 74 valence electrons. The van der Waals surface area contributed by atoms with E-state index in [4.69, 9.17) is 11.1 Å². The van der Waals surface area contributed by atoms with Gasteiger partial charge in [-0.3, -0.25) is 5.41 Å². The summed E-state index contributed by atoms with van der Waals surface area (Å²) in [6.45, 7) is 9.56. The van der Waals surface area contributed by atoms with Crippen LogP contribution < -0.4 is 5.73 Å². The summed E-state index contributed by atoms with van der Waals surface area (Å²) >= 11 is 0. The number of hydrogen-bond donors (Lipinski definition) is 2. The van der Waals surface area contributed by atoms with E-state index in [9.17, 15) is 0 Å². The van der Waals surface area contributed by atoms with Gasteiger partial charge in [0, 0.05) is 5.57 Å². The van der Waals surface area contributed by atoms with Crippen molar-refractivity contribution in [3.63, 3.8) is 0 Å². The van der Waals surface area contributed by atoms with Gasteiger partial charge in [-0.15, -0.1) is 0 Å². The third kappa shape index (κ3) is 8.60. The molecule has 0 unspecified atom stereocenters. The van der Waals surface area contributed by atoms with Crippen molar-refractivity contribution in [3.05, 3.63) is 36.5 Å². The van der Waals surface area contributed by atoms with E-state index in [2.05, 4.69) is 6.58 Å². The van der Waals surface area contributed by atoms with Crippen molar-refractivity contribution in [1.82, 2.24) is 0 Å². The van der Waals surface area contributed by atoms with Gasteiger partial charge in [-0.25, -0.2) is 0 Å². The van der Waals surface area contributed by atoms with E-state index in [1.807, 2.05) is 32.9 Å². The van der Waals surface area contributed by atoms with Crippen molar-refractivity contribution < 1.29 is 0 Å². The number of nitrogens with one attached hydrogen (secondary N) is 1. The average Bonchev–Trinajstić information content (AvgIpc) is 2.15. The summed E-state index contributed by atoms with van der Waals surface area (Å²) in [5.41, 5.74) is 5.99. The maximum atomic E-state index is 7.14. The quantitative estimate of drug-likeness (QED) is 0.390. The van der Waals surface area contributed by atoms with Gasteiger partial charge < -0.3 is 5.73 Å². The number of amidine groups is 1. The van der Waals surface area contributed by atoms with Crippen molar-refractivity contribution in [2.75, 3.05) is 0 Å². The van der Waals surface area contributed by atoms with Gasteiger partial charge in [-0.05, 0) is 6.42 Å². The van der Waals surface area contributed by atoms with Crippen LogP contribution in [0.4, 0.5) is 0 Å². The molecular weight excluding hydrogens is 160 g/mol. The Bertz CT molecular complexity index is 200. The van der Waals surface area contributed by atoms with E-state index in [-0.39, 0.29) is 5.84 Å². The Morgan fingerprint density at radius 1 is 1.46 bits per heavy atom. The molecule has 0 aliphatic rings. The van der Waals surface area contributed by atoms with Crippen LogP contribution in [0.2, 0.25) is 0 Å². The fourth-order valence-corrected chi connectivity index (χ4v) is 0.607. The van der Waals surface area contributed by atoms with Crippen LogP contribution in [0.5, 0.6) is 0 Å². The maximum absolute atomic E-state index is 7.14. The lowest BCUT2D eigenvalue weighted by atomic mass is 10.2. The normalized spacial score (nSPS) is 10.5. The third-order valence-electron chi connectivity index (χ3n) is 1.14. The Hall–Kier alpha value is -1.31. The van der Waals surface area contributed by atoms with Crippen LogP contribution in [0.15, 0.2) is 36.5 Å². The van der Waals surface area contributed by atoms with E-state index in [1.165, 1.54) is 0 Å². The first-order valence-electron chi connectivity index (χ1n) is 4.56. The maximum Gasteiger partial charge on any atom is 0.122 e. The van der Waals surface area contributed by atoms with E-state index in [0.717, 1.165) is 6.42 Å². The Labute approximate surface area is 81.4 Å². The van der Waals surface area contributed by atoms with Gasteiger partial charge in [0.05, 0.1) is 0 Å². The fourth-order valence-electron chi connectivity index (χ4n) is 0.607. The van der Waals surface area contributed by atoms with Gasteiger partial charge in [0.15, 0.2) is 0 Å². The molecule has 0 spiro atoms. The highest BCUT2D eigenvalue weighted by Gasteiger charge is 1.91. The highest BCUT2D eigenvalue weighted by molar-refractivity contribution is 5.97. The van der Waals surface area contributed by atoms with Crippen LogP contribution >= 0.6 is 0 Å². The van der Waals surface area contributed by atoms with Crippen molar-refractivity contribution >= 4 is 5.84 Å². The molecule has 0 radical (unpaired) electrons. The van der Waals surface area contributed by atoms with E-state index < -0.39 is 0 Å². The molecule has 0 rings (SSSR count). The monoisotopic (exact) mass is 180 g/mol. The van der Waals surface area contributed by atoms with Gasteiger partial charge >= 0.3 is 0 Å². The largest absolute Gasteiger partial charge is 0.384 e. The summed E-state index contributed by atoms with van der Waals surface area (Å²) in [6, 6.07) is 0. The number of allylic oxidation sites excluding steroid dienone is 3. The minimum atomic E-state index is 0.0783. The SMILES string of the molecule is C=C/C=C(\C=C/CC)C(=N)N.CC. The lowest BCUT2D eigenvalue weighted by Gasteiger charge is -1.95. The molecule has 0 heterocycles. The predicted molar refractivity (Wildman–Crippen MR) is 61.0 cm³/mol. The molecule has 0 saturated heterocycles. The third-order valence-corrected chi connectivity index (χ3v) is 1.14. The number of rotatable bonds is 4. The molecule has 2 heteroatoms. The second kappa shape index (κ2) is 10.7. The second-order valence-electron chi connectivity index (χ2n) is 2.08. The minimum Gasteiger partial charge on any atom is -0.384 e. The van der Waals surface area contributed by atoms with E-state index >= 15 is 0 Å². The molecule has 0 saturated carbocycles. The van der Waals surface area contributed by atoms with Gasteiger partial charge in [0.2, 0.25) is 0 Å². The summed E-state index contributed by atoms with van der Waals surface area (Å²) in [5.74, 6) is 0.0783. The fraction of sp³-hybridized carbons (Fsp3) is 0.364. The predicted octanol–water partition coefficient (Wildman–Crippen LogP) is 3.03. The van der Waals surface area contributed by atoms with Crippen LogP contribution in [-0.4, -0.2) is 5.84 Å². The molecule has 0 amide bonds. The molecule has 0 aromatic heterocycles. The van der Waals surface area contributed by atoms with Crippen LogP contribution in [0.1, 0.15) is 27.2 Å². The summed E-state index contributed by atoms with van der Waals surface area (Å²) in [6.07, 6.45) is 8.06. The van der Waals surface area contributed by atoms with Crippen LogP contribution in [-0.2, 0) is 0 Å². The zero-order valence-electron chi connectivity index (χ0n) is 8.80. The number of hydrogen-bond acceptors (Lipinski definition) is 1. The molecular formula is C11H20N2. The zero-order chi connectivity index (χ0) is 10.7. The summed E-state index contributed by atoms with van der Waals surface area (Å²) in [4.78, 5) is 0. The highest BCUT2D eigenvalue weighted by Crippen LogP contribution is 1.97. The molecule has 2 nitrogen and oxygen atoms in total. The summed E-state index contributed by atoms with van der Waals surface area (Å²) in [7, 11) is 0. The number of nitrogens with two attached hydrogens (primary N) is 1. The highest BCUT2D eigenvalue weighted by atomic mass is 14.7. The standard InChI is InChI=1S/C9H14N2.C2H6/c1-3-5-7-8(6-4-2)9(10)11;1-2/h4-7H,2-3H2,1H3,(H3,10,11);1-2H3/b7-5-,8-6+;. The van der Waals surface area contributed by atoms with Gasteiger partial charge in [-0.1, -0.05) is 51.7 Å². The minimum absolute atomic E-state index is 0.0783. The van der Waals surface area contributed by atoms with Gasteiger partial charge in [-0.2, -0.15) is 0 Å². The molecule has 0 aromatic rings. The van der Waals surface area contributed by atoms with E-state index in [1.54, 1.807) is 12.2 Å². The lowest BCUT2D eigenvalue weighted by molar-refractivity contribution is 1.22. The Balaban J connectivity index is 0. The molecule has 0 atom stereocenters. The molecule has 0 aliphatic carbocycles. The average molecular weight is 180 g/mol.